The number of unbranched alkanes of at least 4 members (excludes halogenated alkanes) is 2. The molecule has 0 heterocycles. The normalized spacial score (nSPS) is 14.4. The average Bonchev–Trinajstić information content (AvgIpc) is 2.83. The van der Waals surface area contributed by atoms with Gasteiger partial charge in [-0.15, -0.1) is 0 Å². The van der Waals surface area contributed by atoms with Crippen molar-refractivity contribution in [2.24, 2.45) is 17.6 Å². The van der Waals surface area contributed by atoms with Gasteiger partial charge in [0.05, 0.1) is 6.04 Å². The van der Waals surface area contributed by atoms with Crippen LogP contribution in [0.2, 0.25) is 0 Å². The Labute approximate surface area is 213 Å². The number of aliphatic carboxylic acids is 1. The minimum Gasteiger partial charge on any atom is -0.508 e. The van der Waals surface area contributed by atoms with Crippen LogP contribution in [0.25, 0.3) is 0 Å². The molecule has 4 atom stereocenters. The SMILES string of the molecule is CCC(C)[C@H](NC(=O)[C@H](Cc1ccc(O)cc1)NC(=O)[C@@H](N)C(C)C)C(=O)NCCCCCC(=O)O. The zero-order chi connectivity index (χ0) is 27.3. The summed E-state index contributed by atoms with van der Waals surface area (Å²) in [6.45, 7) is 7.77. The second-order valence-corrected chi connectivity index (χ2v) is 9.57. The predicted octanol–water partition coefficient (Wildman–Crippen LogP) is 1.69. The van der Waals surface area contributed by atoms with Crippen LogP contribution >= 0.6 is 0 Å². The Morgan fingerprint density at radius 2 is 1.56 bits per heavy atom. The summed E-state index contributed by atoms with van der Waals surface area (Å²) in [5.41, 5.74) is 6.69. The molecule has 0 bridgehead atoms. The third-order valence-corrected chi connectivity index (χ3v) is 6.19. The van der Waals surface area contributed by atoms with E-state index < -0.39 is 35.9 Å². The van der Waals surface area contributed by atoms with Gasteiger partial charge < -0.3 is 31.9 Å². The van der Waals surface area contributed by atoms with Crippen molar-refractivity contribution in [2.75, 3.05) is 6.54 Å². The maximum atomic E-state index is 13.3. The number of nitrogens with two attached hydrogens (primary N) is 1. The van der Waals surface area contributed by atoms with Crippen molar-refractivity contribution in [3.8, 4) is 5.75 Å². The fourth-order valence-electron chi connectivity index (χ4n) is 3.50. The van der Waals surface area contributed by atoms with E-state index in [9.17, 15) is 24.3 Å². The van der Waals surface area contributed by atoms with Crippen LogP contribution in [0, 0.1) is 11.8 Å². The van der Waals surface area contributed by atoms with Crippen LogP contribution in [-0.4, -0.2) is 58.6 Å². The van der Waals surface area contributed by atoms with Gasteiger partial charge in [0, 0.05) is 19.4 Å². The molecule has 0 spiro atoms. The third-order valence-electron chi connectivity index (χ3n) is 6.19. The molecule has 1 unspecified atom stereocenters. The Bertz CT molecular complexity index is 858. The smallest absolute Gasteiger partial charge is 0.303 e. The Hall–Kier alpha value is -3.14. The van der Waals surface area contributed by atoms with Crippen molar-refractivity contribution in [1.29, 1.82) is 0 Å². The van der Waals surface area contributed by atoms with Gasteiger partial charge in [0.15, 0.2) is 0 Å². The molecule has 1 aromatic rings. The standard InChI is InChI=1S/C26H42N4O6/c1-5-17(4)23(26(36)28-14-8-6-7-9-21(32)33)30-24(34)20(29-25(35)22(27)16(2)3)15-18-10-12-19(31)13-11-18/h10-13,16-17,20,22-23,31H,5-9,14-15,27H2,1-4H3,(H,28,36)(H,29,35)(H,30,34)(H,32,33)/t17?,20-,22-,23-/m0/s1. The van der Waals surface area contributed by atoms with Crippen molar-refractivity contribution in [1.82, 2.24) is 16.0 Å². The highest BCUT2D eigenvalue weighted by molar-refractivity contribution is 5.93. The number of phenols is 1. The fourth-order valence-corrected chi connectivity index (χ4v) is 3.50. The van der Waals surface area contributed by atoms with Crippen molar-refractivity contribution < 1.29 is 29.4 Å². The summed E-state index contributed by atoms with van der Waals surface area (Å²) in [6.07, 6.45) is 2.73. The Kier molecular flexibility index (Phi) is 13.5. The Balaban J connectivity index is 2.92. The molecule has 1 rings (SSSR count). The van der Waals surface area contributed by atoms with Crippen LogP contribution < -0.4 is 21.7 Å². The van der Waals surface area contributed by atoms with Crippen LogP contribution in [-0.2, 0) is 25.6 Å². The second kappa shape index (κ2) is 15.8. The highest BCUT2D eigenvalue weighted by Crippen LogP contribution is 2.13. The molecule has 0 aromatic heterocycles. The lowest BCUT2D eigenvalue weighted by Crippen LogP contribution is -2.58. The number of carboxylic acid groups (broad SMARTS) is 1. The van der Waals surface area contributed by atoms with Crippen LogP contribution in [0.5, 0.6) is 5.75 Å². The summed E-state index contributed by atoms with van der Waals surface area (Å²) in [5, 5.41) is 26.6. The number of rotatable bonds is 16. The van der Waals surface area contributed by atoms with Crippen molar-refractivity contribution in [3.05, 3.63) is 29.8 Å². The number of hydrogen-bond donors (Lipinski definition) is 6. The zero-order valence-corrected chi connectivity index (χ0v) is 21.8. The highest BCUT2D eigenvalue weighted by Gasteiger charge is 2.31. The first-order valence-electron chi connectivity index (χ1n) is 12.6. The van der Waals surface area contributed by atoms with E-state index in [1.807, 2.05) is 27.7 Å². The topological polar surface area (TPSA) is 171 Å². The van der Waals surface area contributed by atoms with Gasteiger partial charge in [0.25, 0.3) is 0 Å². The molecule has 0 aliphatic rings. The van der Waals surface area contributed by atoms with E-state index >= 15 is 0 Å². The van der Waals surface area contributed by atoms with E-state index in [4.69, 9.17) is 10.8 Å². The molecule has 0 aliphatic heterocycles. The van der Waals surface area contributed by atoms with Crippen molar-refractivity contribution in [3.63, 3.8) is 0 Å². The molecular weight excluding hydrogens is 464 g/mol. The molecule has 0 saturated heterocycles. The number of carbonyl (C=O) groups is 4. The molecule has 10 heteroatoms. The van der Waals surface area contributed by atoms with Gasteiger partial charge in [-0.05, 0) is 42.4 Å². The van der Waals surface area contributed by atoms with Crippen LogP contribution in [0.15, 0.2) is 24.3 Å². The van der Waals surface area contributed by atoms with Gasteiger partial charge in [-0.25, -0.2) is 0 Å². The number of nitrogens with one attached hydrogen (secondary N) is 3. The first kappa shape index (κ1) is 30.9. The van der Waals surface area contributed by atoms with E-state index in [1.54, 1.807) is 12.1 Å². The average molecular weight is 507 g/mol. The monoisotopic (exact) mass is 506 g/mol. The highest BCUT2D eigenvalue weighted by atomic mass is 16.4. The zero-order valence-electron chi connectivity index (χ0n) is 21.8. The van der Waals surface area contributed by atoms with E-state index in [0.717, 1.165) is 5.56 Å². The van der Waals surface area contributed by atoms with Crippen molar-refractivity contribution >= 4 is 23.7 Å². The Morgan fingerprint density at radius 1 is 0.917 bits per heavy atom. The Morgan fingerprint density at radius 3 is 2.11 bits per heavy atom. The number of amides is 3. The minimum absolute atomic E-state index is 0.0853. The van der Waals surface area contributed by atoms with Gasteiger partial charge in [-0.1, -0.05) is 52.7 Å². The number of phenolic OH excluding ortho intramolecular Hbond substituents is 1. The summed E-state index contributed by atoms with van der Waals surface area (Å²) < 4.78 is 0. The fraction of sp³-hybridized carbons (Fsp3) is 0.615. The van der Waals surface area contributed by atoms with Crippen molar-refractivity contribution in [2.45, 2.75) is 84.3 Å². The molecule has 36 heavy (non-hydrogen) atoms. The summed E-state index contributed by atoms with van der Waals surface area (Å²) in [6, 6.07) is 3.74. The molecular formula is C26H42N4O6. The molecule has 202 valence electrons. The molecule has 0 fully saturated rings. The lowest BCUT2D eigenvalue weighted by molar-refractivity contribution is -0.137. The molecule has 0 aliphatic carbocycles. The summed E-state index contributed by atoms with van der Waals surface area (Å²) in [7, 11) is 0. The number of carbonyl (C=O) groups excluding carboxylic acids is 3. The lowest BCUT2D eigenvalue weighted by atomic mass is 9.96. The van der Waals surface area contributed by atoms with Gasteiger partial charge >= 0.3 is 5.97 Å². The summed E-state index contributed by atoms with van der Waals surface area (Å²) in [4.78, 5) is 49.5. The van der Waals surface area contributed by atoms with Gasteiger partial charge in [0.1, 0.15) is 17.8 Å². The first-order chi connectivity index (χ1) is 17.0. The predicted molar refractivity (Wildman–Crippen MR) is 137 cm³/mol. The molecule has 1 aromatic carbocycles. The lowest BCUT2D eigenvalue weighted by Gasteiger charge is -2.27. The summed E-state index contributed by atoms with van der Waals surface area (Å²) in [5.74, 6) is -2.35. The quantitative estimate of drug-likeness (QED) is 0.185. The molecule has 0 saturated carbocycles. The minimum atomic E-state index is -0.970. The van der Waals surface area contributed by atoms with Crippen LogP contribution in [0.3, 0.4) is 0 Å². The molecule has 7 N–H and O–H groups in total. The summed E-state index contributed by atoms with van der Waals surface area (Å²) >= 11 is 0. The third kappa shape index (κ3) is 11.1. The maximum Gasteiger partial charge on any atom is 0.303 e. The van der Waals surface area contributed by atoms with E-state index in [1.165, 1.54) is 12.1 Å². The first-order valence-corrected chi connectivity index (χ1v) is 12.6. The van der Waals surface area contributed by atoms with E-state index in [-0.39, 0.29) is 36.3 Å². The molecule has 3 amide bonds. The molecule has 0 radical (unpaired) electrons. The number of hydrogen-bond acceptors (Lipinski definition) is 6. The number of benzene rings is 1. The van der Waals surface area contributed by atoms with E-state index in [0.29, 0.717) is 32.2 Å². The number of aromatic hydroxyl groups is 1. The second-order valence-electron chi connectivity index (χ2n) is 9.57. The van der Waals surface area contributed by atoms with Gasteiger partial charge in [0.2, 0.25) is 17.7 Å². The van der Waals surface area contributed by atoms with Crippen LogP contribution in [0.1, 0.15) is 65.4 Å². The maximum absolute atomic E-state index is 13.3. The van der Waals surface area contributed by atoms with E-state index in [2.05, 4.69) is 16.0 Å². The number of carboxylic acids is 1. The van der Waals surface area contributed by atoms with Gasteiger partial charge in [-0.2, -0.15) is 0 Å². The largest absolute Gasteiger partial charge is 0.508 e. The van der Waals surface area contributed by atoms with Gasteiger partial charge in [-0.3, -0.25) is 19.2 Å². The van der Waals surface area contributed by atoms with Crippen LogP contribution in [0.4, 0.5) is 0 Å². The molecule has 10 nitrogen and oxygen atoms in total.